The van der Waals surface area contributed by atoms with Gasteiger partial charge in [0.05, 0.1) is 32.5 Å². The lowest BCUT2D eigenvalue weighted by Crippen LogP contribution is -2.67. The number of aliphatic hydroxyl groups is 13. The molecule has 8 aliphatic rings. The van der Waals surface area contributed by atoms with Crippen LogP contribution in [-0.4, -0.2) is 222 Å². The summed E-state index contributed by atoms with van der Waals surface area (Å²) in [6.07, 6.45) is -20.4. The normalized spacial score (nSPS) is 52.4. The third-order valence-electron chi connectivity index (χ3n) is 19.3. The molecular weight excluding hydrogens is 949 g/mol. The largest absolute Gasteiger partial charge is 0.394 e. The van der Waals surface area contributed by atoms with Crippen LogP contribution in [0.4, 0.5) is 0 Å². The fraction of sp³-hybridized carbons (Fsp3) is 1.00. The van der Waals surface area contributed by atoms with E-state index in [0.29, 0.717) is 17.3 Å². The lowest BCUT2D eigenvalue weighted by molar-refractivity contribution is -0.389. The van der Waals surface area contributed by atoms with Crippen LogP contribution >= 0.6 is 0 Å². The summed E-state index contributed by atoms with van der Waals surface area (Å²) in [6, 6.07) is 0. The average molecular weight is 1040 g/mol. The van der Waals surface area contributed by atoms with Gasteiger partial charge in [-0.25, -0.2) is 0 Å². The molecule has 0 bridgehead atoms. The Bertz CT molecular complexity index is 1710. The Morgan fingerprint density at radius 3 is 1.39 bits per heavy atom. The zero-order valence-electron chi connectivity index (χ0n) is 42.6. The minimum atomic E-state index is -2.02. The topological polar surface area (TPSA) is 337 Å². The second-order valence-corrected chi connectivity index (χ2v) is 23.8. The molecule has 0 amide bonds. The van der Waals surface area contributed by atoms with Gasteiger partial charge in [0.15, 0.2) is 25.2 Å². The Labute approximate surface area is 422 Å². The lowest BCUT2D eigenvalue weighted by Gasteiger charge is -2.61. The van der Waals surface area contributed by atoms with Crippen molar-refractivity contribution in [2.75, 3.05) is 26.4 Å². The Balaban J connectivity index is 0.843. The third-order valence-corrected chi connectivity index (χ3v) is 19.3. The highest BCUT2D eigenvalue weighted by Gasteiger charge is 2.62. The van der Waals surface area contributed by atoms with Gasteiger partial charge in [-0.15, -0.1) is 0 Å². The summed E-state index contributed by atoms with van der Waals surface area (Å²) in [5.74, 6) is 4.88. The van der Waals surface area contributed by atoms with Gasteiger partial charge in [-0.05, 0) is 110 Å². The molecule has 72 heavy (non-hydrogen) atoms. The highest BCUT2D eigenvalue weighted by molar-refractivity contribution is 5.10. The van der Waals surface area contributed by atoms with Crippen LogP contribution in [0.5, 0.6) is 0 Å². The van der Waals surface area contributed by atoms with Crippen molar-refractivity contribution in [1.29, 1.82) is 0 Å². The molecule has 0 aromatic heterocycles. The van der Waals surface area contributed by atoms with E-state index in [1.807, 2.05) is 0 Å². The molecule has 0 unspecified atom stereocenters. The van der Waals surface area contributed by atoms with E-state index >= 15 is 0 Å². The average Bonchev–Trinajstić information content (AvgIpc) is 3.72. The van der Waals surface area contributed by atoms with E-state index in [1.165, 1.54) is 51.4 Å². The van der Waals surface area contributed by atoms with Gasteiger partial charge in [0.1, 0.15) is 97.7 Å². The maximum Gasteiger partial charge on any atom is 0.187 e. The molecule has 418 valence electrons. The number of rotatable bonds is 17. The summed E-state index contributed by atoms with van der Waals surface area (Å²) in [7, 11) is 0. The molecule has 4 saturated heterocycles. The smallest absolute Gasteiger partial charge is 0.187 e. The van der Waals surface area contributed by atoms with Crippen LogP contribution < -0.4 is 0 Å². The quantitative estimate of drug-likeness (QED) is 0.0759. The number of aliphatic hydroxyl groups excluding tert-OH is 13. The Morgan fingerprint density at radius 1 is 0.458 bits per heavy atom. The highest BCUT2D eigenvalue weighted by atomic mass is 16.8. The molecule has 0 radical (unpaired) electrons. The van der Waals surface area contributed by atoms with Crippen molar-refractivity contribution in [3.63, 3.8) is 0 Å². The van der Waals surface area contributed by atoms with Gasteiger partial charge < -0.3 is 104 Å². The zero-order chi connectivity index (χ0) is 52.1. The van der Waals surface area contributed by atoms with Crippen LogP contribution in [0.1, 0.15) is 112 Å². The third kappa shape index (κ3) is 11.0. The predicted molar refractivity (Wildman–Crippen MR) is 250 cm³/mol. The molecule has 8 fully saturated rings. The molecular formula is C51H88O21. The molecule has 0 aromatic rings. The molecule has 8 rings (SSSR count). The second kappa shape index (κ2) is 23.6. The van der Waals surface area contributed by atoms with Gasteiger partial charge in [-0.2, -0.15) is 0 Å². The first-order valence-electron chi connectivity index (χ1n) is 27.0. The zero-order valence-corrected chi connectivity index (χ0v) is 42.6. The van der Waals surface area contributed by atoms with E-state index in [4.69, 9.17) is 37.9 Å². The Kier molecular flexibility index (Phi) is 18.8. The summed E-state index contributed by atoms with van der Waals surface area (Å²) in [6.45, 7) is 9.02. The molecule has 4 aliphatic heterocycles. The second-order valence-electron chi connectivity index (χ2n) is 23.8. The molecule has 29 atom stereocenters. The SMILES string of the molecule is CC(C)CCC[C@@H](C)[C@H]1CC[C@H]2[C@@H]3CC[C@H]4C[C@@H](O[C@@H]5O[C@H](CO)[C@@H](O[C@H]6O[C@H](CO)[C@@H](O[C@H]7O[C@H](CO)[C@@H](O[C@H]8O[C@H](CO)[C@@H](O)[C@H](O)[C@H]8O)[C@H](O)[C@H]7O)[C@H](O)[C@H]6O)[C@H](O)[C@H]5O)CC[C@]4(C)[C@H]3CC[C@]12C. The van der Waals surface area contributed by atoms with Crippen molar-refractivity contribution in [2.24, 2.45) is 52.3 Å². The van der Waals surface area contributed by atoms with Crippen LogP contribution in [0, 0.1) is 52.3 Å². The predicted octanol–water partition coefficient (Wildman–Crippen LogP) is -1.23. The van der Waals surface area contributed by atoms with Crippen LogP contribution in [0.25, 0.3) is 0 Å². The summed E-state index contributed by atoms with van der Waals surface area (Å²) in [4.78, 5) is 0. The molecule has 4 saturated carbocycles. The van der Waals surface area contributed by atoms with Crippen molar-refractivity contribution in [2.45, 2.75) is 241 Å². The fourth-order valence-corrected chi connectivity index (χ4v) is 15.2. The summed E-state index contributed by atoms with van der Waals surface area (Å²) < 4.78 is 46.6. The summed E-state index contributed by atoms with van der Waals surface area (Å²) in [5.41, 5.74) is 0.581. The molecule has 13 N–H and O–H groups in total. The van der Waals surface area contributed by atoms with Crippen LogP contribution in [0.15, 0.2) is 0 Å². The molecule has 21 nitrogen and oxygen atoms in total. The van der Waals surface area contributed by atoms with E-state index in [-0.39, 0.29) is 11.5 Å². The van der Waals surface area contributed by atoms with Crippen molar-refractivity contribution in [1.82, 2.24) is 0 Å². The minimum Gasteiger partial charge on any atom is -0.394 e. The lowest BCUT2D eigenvalue weighted by atomic mass is 9.44. The van der Waals surface area contributed by atoms with Crippen molar-refractivity contribution < 1.29 is 104 Å². The van der Waals surface area contributed by atoms with Gasteiger partial charge >= 0.3 is 0 Å². The summed E-state index contributed by atoms with van der Waals surface area (Å²) in [5, 5.41) is 139. The molecule has 0 aromatic carbocycles. The Morgan fingerprint density at radius 2 is 0.903 bits per heavy atom. The molecule has 4 heterocycles. The first-order chi connectivity index (χ1) is 34.2. The first-order valence-corrected chi connectivity index (χ1v) is 27.0. The van der Waals surface area contributed by atoms with Crippen molar-refractivity contribution in [3.05, 3.63) is 0 Å². The van der Waals surface area contributed by atoms with Gasteiger partial charge in [0.25, 0.3) is 0 Å². The molecule has 21 heteroatoms. The number of ether oxygens (including phenoxy) is 8. The van der Waals surface area contributed by atoms with Gasteiger partial charge in [-0.1, -0.05) is 53.9 Å². The van der Waals surface area contributed by atoms with Crippen molar-refractivity contribution in [3.8, 4) is 0 Å². The number of hydrogen-bond donors (Lipinski definition) is 13. The highest BCUT2D eigenvalue weighted by Crippen LogP contribution is 2.68. The fourth-order valence-electron chi connectivity index (χ4n) is 15.2. The van der Waals surface area contributed by atoms with E-state index < -0.39 is 149 Å². The van der Waals surface area contributed by atoms with E-state index in [9.17, 15) is 66.4 Å². The maximum absolute atomic E-state index is 11.5. The van der Waals surface area contributed by atoms with Gasteiger partial charge in [0.2, 0.25) is 0 Å². The van der Waals surface area contributed by atoms with E-state index in [1.54, 1.807) is 0 Å². The molecule has 0 spiro atoms. The van der Waals surface area contributed by atoms with E-state index in [2.05, 4.69) is 34.6 Å². The van der Waals surface area contributed by atoms with Gasteiger partial charge in [0, 0.05) is 0 Å². The number of hydrogen-bond acceptors (Lipinski definition) is 21. The maximum atomic E-state index is 11.5. The number of fused-ring (bicyclic) bond motifs is 5. The minimum absolute atomic E-state index is 0.176. The van der Waals surface area contributed by atoms with E-state index in [0.717, 1.165) is 55.3 Å². The standard InChI is InChI=1S/C51H88O21/c1-22(2)7-6-8-23(3)27-11-12-28-26-10-9-24-17-25(13-15-50(24,4)29(26)14-16-51(27,28)5)65-46-40(62)36(58)43(31(19-53)67-46)71-48-42(64)38(60)45(33(21-55)69-48)72-49-41(63)37(59)44(32(20-54)68-49)70-47-39(61)35(57)34(56)30(18-52)66-47/h22-49,52-64H,6-21H2,1-5H3/t23-,24+,25+,26+,27-,28+,29+,30-,31-,32-,33-,34-,35+,36-,37-,38-,39-,40-,41-,42-,43-,44-,45-,46-,47-,48-,49-,50+,51-/m1/s1. The van der Waals surface area contributed by atoms with Crippen LogP contribution in [-0.2, 0) is 37.9 Å². The molecule has 4 aliphatic carbocycles. The van der Waals surface area contributed by atoms with Crippen molar-refractivity contribution >= 4 is 0 Å². The summed E-state index contributed by atoms with van der Waals surface area (Å²) >= 11 is 0. The van der Waals surface area contributed by atoms with Crippen LogP contribution in [0.3, 0.4) is 0 Å². The van der Waals surface area contributed by atoms with Crippen LogP contribution in [0.2, 0.25) is 0 Å². The van der Waals surface area contributed by atoms with Gasteiger partial charge in [-0.3, -0.25) is 0 Å². The monoisotopic (exact) mass is 1040 g/mol. The Hall–Kier alpha value is -0.840. The first kappa shape index (κ1) is 57.3.